The lowest BCUT2D eigenvalue weighted by molar-refractivity contribution is -0.121. The summed E-state index contributed by atoms with van der Waals surface area (Å²) in [6.45, 7) is 7.91. The summed E-state index contributed by atoms with van der Waals surface area (Å²) in [6, 6.07) is 10.9. The predicted octanol–water partition coefficient (Wildman–Crippen LogP) is 3.10. The van der Waals surface area contributed by atoms with Crippen molar-refractivity contribution < 1.29 is 4.79 Å². The van der Waals surface area contributed by atoms with Crippen molar-refractivity contribution in [1.82, 2.24) is 10.2 Å². The van der Waals surface area contributed by atoms with E-state index in [0.29, 0.717) is 0 Å². The molecule has 1 heterocycles. The molecule has 146 valence electrons. The van der Waals surface area contributed by atoms with Gasteiger partial charge in [-0.2, -0.15) is 5.26 Å². The molecule has 0 radical (unpaired) electrons. The molecule has 1 aliphatic heterocycles. The minimum Gasteiger partial charge on any atom is -0.369 e. The summed E-state index contributed by atoms with van der Waals surface area (Å²) in [6.07, 6.45) is 5.75. The molecule has 0 unspecified atom stereocenters. The molecule has 1 aliphatic carbocycles. The predicted molar refractivity (Wildman–Crippen MR) is 109 cm³/mol. The Kier molecular flexibility index (Phi) is 7.11. The molecule has 1 N–H and O–H groups in total. The van der Waals surface area contributed by atoms with Crippen LogP contribution in [-0.4, -0.2) is 49.6 Å². The summed E-state index contributed by atoms with van der Waals surface area (Å²) in [5.41, 5.74) is 2.75. The first-order valence-electron chi connectivity index (χ1n) is 10.3. The molecule has 3 rings (SSSR count). The fraction of sp³-hybridized carbons (Fsp3) is 0.636. The second-order valence-corrected chi connectivity index (χ2v) is 8.02. The molecule has 1 amide bonds. The van der Waals surface area contributed by atoms with Crippen LogP contribution in [0.4, 0.5) is 5.69 Å². The lowest BCUT2D eigenvalue weighted by Gasteiger charge is -2.38. The quantitative estimate of drug-likeness (QED) is 0.838. The zero-order valence-corrected chi connectivity index (χ0v) is 16.5. The van der Waals surface area contributed by atoms with Crippen LogP contribution in [0.1, 0.15) is 44.1 Å². The first kappa shape index (κ1) is 19.7. The standard InChI is InChI=1S/C22H32N4O/c1-18-4-2-3-5-21(18)26-16-14-25(15-17-26)13-11-19-6-8-20(9-7-19)24-22(27)10-12-23/h2-5,19-20H,6-11,13-17H2,1H3,(H,24,27)/t19-,20-. The highest BCUT2D eigenvalue weighted by atomic mass is 16.1. The topological polar surface area (TPSA) is 59.4 Å². The Labute approximate surface area is 163 Å². The molecule has 27 heavy (non-hydrogen) atoms. The zero-order valence-electron chi connectivity index (χ0n) is 16.5. The number of para-hydroxylation sites is 1. The monoisotopic (exact) mass is 368 g/mol. The third-order valence-electron chi connectivity index (χ3n) is 6.13. The van der Waals surface area contributed by atoms with E-state index in [1.54, 1.807) is 0 Å². The number of amides is 1. The average Bonchev–Trinajstić information content (AvgIpc) is 2.68. The molecule has 2 fully saturated rings. The minimum absolute atomic E-state index is 0.0194. The van der Waals surface area contributed by atoms with Gasteiger partial charge >= 0.3 is 0 Å². The van der Waals surface area contributed by atoms with Gasteiger partial charge in [0.2, 0.25) is 5.91 Å². The summed E-state index contributed by atoms with van der Waals surface area (Å²) >= 11 is 0. The highest BCUT2D eigenvalue weighted by molar-refractivity contribution is 5.78. The van der Waals surface area contributed by atoms with E-state index in [0.717, 1.165) is 44.9 Å². The van der Waals surface area contributed by atoms with Crippen molar-refractivity contribution in [3.8, 4) is 6.07 Å². The van der Waals surface area contributed by atoms with Gasteiger partial charge in [-0.3, -0.25) is 9.69 Å². The minimum atomic E-state index is -0.118. The maximum Gasteiger partial charge on any atom is 0.234 e. The Morgan fingerprint density at radius 3 is 2.52 bits per heavy atom. The van der Waals surface area contributed by atoms with Crippen molar-refractivity contribution in [2.45, 2.75) is 51.5 Å². The van der Waals surface area contributed by atoms with Gasteiger partial charge in [-0.1, -0.05) is 18.2 Å². The number of nitrogens with zero attached hydrogens (tertiary/aromatic N) is 3. The first-order valence-corrected chi connectivity index (χ1v) is 10.3. The van der Waals surface area contributed by atoms with Crippen LogP contribution < -0.4 is 10.2 Å². The molecule has 0 spiro atoms. The number of nitrogens with one attached hydrogen (secondary N) is 1. The van der Waals surface area contributed by atoms with Crippen LogP contribution in [0.15, 0.2) is 24.3 Å². The number of nitriles is 1. The number of hydrogen-bond donors (Lipinski definition) is 1. The van der Waals surface area contributed by atoms with E-state index in [1.807, 2.05) is 6.07 Å². The van der Waals surface area contributed by atoms with Crippen molar-refractivity contribution in [3.63, 3.8) is 0 Å². The van der Waals surface area contributed by atoms with Gasteiger partial charge < -0.3 is 10.2 Å². The van der Waals surface area contributed by atoms with Gasteiger partial charge in [0.25, 0.3) is 0 Å². The molecule has 0 atom stereocenters. The third kappa shape index (κ3) is 5.71. The molecule has 0 aromatic heterocycles. The van der Waals surface area contributed by atoms with Gasteiger partial charge in [0.05, 0.1) is 6.07 Å². The van der Waals surface area contributed by atoms with Crippen molar-refractivity contribution in [1.29, 1.82) is 5.26 Å². The molecule has 1 saturated carbocycles. The molecular weight excluding hydrogens is 336 g/mol. The van der Waals surface area contributed by atoms with Crippen LogP contribution in [0.25, 0.3) is 0 Å². The molecule has 1 saturated heterocycles. The van der Waals surface area contributed by atoms with E-state index in [2.05, 4.69) is 46.3 Å². The third-order valence-corrected chi connectivity index (χ3v) is 6.13. The van der Waals surface area contributed by atoms with Gasteiger partial charge in [-0.05, 0) is 63.1 Å². The van der Waals surface area contributed by atoms with E-state index in [4.69, 9.17) is 5.26 Å². The van der Waals surface area contributed by atoms with E-state index >= 15 is 0 Å². The highest BCUT2D eigenvalue weighted by Crippen LogP contribution is 2.27. The van der Waals surface area contributed by atoms with Crippen molar-refractivity contribution >= 4 is 11.6 Å². The number of carbonyl (C=O) groups excluding carboxylic acids is 1. The summed E-state index contributed by atoms with van der Waals surface area (Å²) in [4.78, 5) is 16.7. The maximum atomic E-state index is 11.5. The fourth-order valence-corrected chi connectivity index (χ4v) is 4.44. The van der Waals surface area contributed by atoms with Crippen LogP contribution in [0.5, 0.6) is 0 Å². The number of anilines is 1. The molecule has 5 heteroatoms. The summed E-state index contributed by atoms with van der Waals surface area (Å²) in [5.74, 6) is 0.663. The highest BCUT2D eigenvalue weighted by Gasteiger charge is 2.24. The summed E-state index contributed by atoms with van der Waals surface area (Å²) in [7, 11) is 0. The lowest BCUT2D eigenvalue weighted by Crippen LogP contribution is -2.47. The average molecular weight is 369 g/mol. The molecule has 1 aromatic carbocycles. The zero-order chi connectivity index (χ0) is 19.1. The maximum absolute atomic E-state index is 11.5. The number of rotatable bonds is 6. The second kappa shape index (κ2) is 9.75. The number of piperazine rings is 1. The molecular formula is C22H32N4O. The van der Waals surface area contributed by atoms with E-state index in [9.17, 15) is 4.79 Å². The molecule has 5 nitrogen and oxygen atoms in total. The van der Waals surface area contributed by atoms with E-state index < -0.39 is 0 Å². The Morgan fingerprint density at radius 2 is 1.85 bits per heavy atom. The van der Waals surface area contributed by atoms with Gasteiger partial charge in [0.15, 0.2) is 0 Å². The summed E-state index contributed by atoms with van der Waals surface area (Å²) < 4.78 is 0. The Balaban J connectivity index is 1.34. The van der Waals surface area contributed by atoms with Crippen LogP contribution in [-0.2, 0) is 4.79 Å². The Morgan fingerprint density at radius 1 is 1.15 bits per heavy atom. The van der Waals surface area contributed by atoms with Crippen molar-refractivity contribution in [3.05, 3.63) is 29.8 Å². The SMILES string of the molecule is Cc1ccccc1N1CCN(CC[C@H]2CC[C@H](NC(=O)CC#N)CC2)CC1. The number of aryl methyl sites for hydroxylation is 1. The lowest BCUT2D eigenvalue weighted by atomic mass is 9.84. The van der Waals surface area contributed by atoms with Gasteiger partial charge in [0, 0.05) is 37.9 Å². The van der Waals surface area contributed by atoms with Crippen molar-refractivity contribution in [2.75, 3.05) is 37.6 Å². The largest absolute Gasteiger partial charge is 0.369 e. The van der Waals surface area contributed by atoms with Gasteiger partial charge in [-0.25, -0.2) is 0 Å². The van der Waals surface area contributed by atoms with Crippen molar-refractivity contribution in [2.24, 2.45) is 5.92 Å². The van der Waals surface area contributed by atoms with Gasteiger partial charge in [0.1, 0.15) is 6.42 Å². The molecule has 1 aromatic rings. The summed E-state index contributed by atoms with van der Waals surface area (Å²) in [5, 5.41) is 11.6. The van der Waals surface area contributed by atoms with E-state index in [1.165, 1.54) is 37.1 Å². The first-order chi connectivity index (χ1) is 13.2. The normalized spacial score (nSPS) is 23.6. The Hall–Kier alpha value is -2.06. The second-order valence-electron chi connectivity index (χ2n) is 8.02. The fourth-order valence-electron chi connectivity index (χ4n) is 4.44. The molecule has 0 bridgehead atoms. The van der Waals surface area contributed by atoms with Gasteiger partial charge in [-0.15, -0.1) is 0 Å². The van der Waals surface area contributed by atoms with Crippen LogP contribution in [0, 0.1) is 24.2 Å². The van der Waals surface area contributed by atoms with E-state index in [-0.39, 0.29) is 18.4 Å². The Bertz CT molecular complexity index is 653. The number of carbonyl (C=O) groups is 1. The number of benzene rings is 1. The van der Waals surface area contributed by atoms with Crippen LogP contribution in [0.2, 0.25) is 0 Å². The molecule has 2 aliphatic rings. The number of hydrogen-bond acceptors (Lipinski definition) is 4. The smallest absolute Gasteiger partial charge is 0.234 e. The van der Waals surface area contributed by atoms with Crippen LogP contribution >= 0.6 is 0 Å². The van der Waals surface area contributed by atoms with Crippen LogP contribution in [0.3, 0.4) is 0 Å².